The number of hydrogen-bond donors (Lipinski definition) is 1. The lowest BCUT2D eigenvalue weighted by molar-refractivity contribution is 0.126. The van der Waals surface area contributed by atoms with E-state index in [1.807, 2.05) is 12.1 Å². The summed E-state index contributed by atoms with van der Waals surface area (Å²) in [5.74, 6) is 0.932. The molecule has 0 saturated carbocycles. The first-order valence-corrected chi connectivity index (χ1v) is 5.94. The summed E-state index contributed by atoms with van der Waals surface area (Å²) in [5, 5.41) is 9.66. The van der Waals surface area contributed by atoms with Crippen LogP contribution in [-0.4, -0.2) is 35.7 Å². The smallest absolute Gasteiger partial charge is 0.164 e. The summed E-state index contributed by atoms with van der Waals surface area (Å²) < 4.78 is 5.66. The Balaban J connectivity index is 2.17. The third-order valence-electron chi connectivity index (χ3n) is 3.28. The predicted molar refractivity (Wildman–Crippen MR) is 64.0 cm³/mol. The molecular weight excluding hydrogens is 202 g/mol. The summed E-state index contributed by atoms with van der Waals surface area (Å²) in [6, 6.07) is 6.02. The van der Waals surface area contributed by atoms with Crippen molar-refractivity contribution in [1.29, 1.82) is 0 Å². The minimum Gasteiger partial charge on any atom is -0.504 e. The molecule has 0 radical (unpaired) electrons. The highest BCUT2D eigenvalue weighted by atomic mass is 16.5. The Morgan fingerprint density at radius 2 is 2.12 bits per heavy atom. The monoisotopic (exact) mass is 221 g/mol. The Bertz CT molecular complexity index is 361. The van der Waals surface area contributed by atoms with E-state index in [1.165, 1.54) is 0 Å². The zero-order valence-corrected chi connectivity index (χ0v) is 9.94. The van der Waals surface area contributed by atoms with Crippen LogP contribution in [0.1, 0.15) is 19.4 Å². The maximum atomic E-state index is 9.66. The normalized spacial score (nSPS) is 19.3. The number of phenolic OH excluding ortho intramolecular Hbond substituents is 1. The molecule has 0 fully saturated rings. The second kappa shape index (κ2) is 4.74. The van der Waals surface area contributed by atoms with Crippen LogP contribution in [0.4, 0.5) is 0 Å². The molecule has 1 unspecified atom stereocenters. The van der Waals surface area contributed by atoms with Crippen LogP contribution < -0.4 is 4.74 Å². The standard InChI is InChI=1S/C13H19NO2/c1-3-14(4-2)11-8-10-6-5-7-12(15)13(10)16-9-11/h5-7,11,15H,3-4,8-9H2,1-2H3. The van der Waals surface area contributed by atoms with Crippen LogP contribution in [0.2, 0.25) is 0 Å². The molecule has 1 atom stereocenters. The summed E-state index contributed by atoms with van der Waals surface area (Å²) in [6.45, 7) is 7.09. The molecule has 0 saturated heterocycles. The largest absolute Gasteiger partial charge is 0.504 e. The van der Waals surface area contributed by atoms with Gasteiger partial charge in [0.05, 0.1) is 0 Å². The Morgan fingerprint density at radius 1 is 1.38 bits per heavy atom. The number of rotatable bonds is 3. The van der Waals surface area contributed by atoms with Gasteiger partial charge in [0.1, 0.15) is 6.61 Å². The zero-order valence-electron chi connectivity index (χ0n) is 9.94. The van der Waals surface area contributed by atoms with E-state index in [0.29, 0.717) is 18.4 Å². The molecule has 2 rings (SSSR count). The quantitative estimate of drug-likeness (QED) is 0.847. The van der Waals surface area contributed by atoms with Crippen molar-refractivity contribution in [3.63, 3.8) is 0 Å². The van der Waals surface area contributed by atoms with Crippen molar-refractivity contribution < 1.29 is 9.84 Å². The summed E-state index contributed by atoms with van der Waals surface area (Å²) in [6.07, 6.45) is 0.964. The van der Waals surface area contributed by atoms with Gasteiger partial charge in [0.15, 0.2) is 11.5 Å². The Kier molecular flexibility index (Phi) is 3.34. The van der Waals surface area contributed by atoms with E-state index >= 15 is 0 Å². The highest BCUT2D eigenvalue weighted by molar-refractivity contribution is 5.47. The van der Waals surface area contributed by atoms with Gasteiger partial charge in [-0.15, -0.1) is 0 Å². The lowest BCUT2D eigenvalue weighted by Gasteiger charge is -2.33. The van der Waals surface area contributed by atoms with Gasteiger partial charge in [0.2, 0.25) is 0 Å². The lowest BCUT2D eigenvalue weighted by atomic mass is 10.0. The third-order valence-corrected chi connectivity index (χ3v) is 3.28. The van der Waals surface area contributed by atoms with Crippen molar-refractivity contribution in [2.45, 2.75) is 26.3 Å². The number of hydrogen-bond acceptors (Lipinski definition) is 3. The van der Waals surface area contributed by atoms with E-state index in [4.69, 9.17) is 4.74 Å². The van der Waals surface area contributed by atoms with Crippen LogP contribution in [0.5, 0.6) is 11.5 Å². The fourth-order valence-corrected chi connectivity index (χ4v) is 2.37. The van der Waals surface area contributed by atoms with Gasteiger partial charge in [0.25, 0.3) is 0 Å². The molecule has 1 heterocycles. The molecule has 3 nitrogen and oxygen atoms in total. The van der Waals surface area contributed by atoms with E-state index < -0.39 is 0 Å². The van der Waals surface area contributed by atoms with E-state index in [0.717, 1.165) is 25.1 Å². The summed E-state index contributed by atoms with van der Waals surface area (Å²) >= 11 is 0. The van der Waals surface area contributed by atoms with Crippen molar-refractivity contribution in [3.05, 3.63) is 23.8 Å². The van der Waals surface area contributed by atoms with Crippen LogP contribution in [0.25, 0.3) is 0 Å². The SMILES string of the molecule is CCN(CC)C1COc2c(O)cccc2C1. The van der Waals surface area contributed by atoms with Crippen molar-refractivity contribution in [2.75, 3.05) is 19.7 Å². The number of nitrogens with zero attached hydrogens (tertiary/aromatic N) is 1. The number of aromatic hydroxyl groups is 1. The second-order valence-electron chi connectivity index (χ2n) is 4.16. The fourth-order valence-electron chi connectivity index (χ4n) is 2.37. The second-order valence-corrected chi connectivity index (χ2v) is 4.16. The lowest BCUT2D eigenvalue weighted by Crippen LogP contribution is -2.42. The minimum absolute atomic E-state index is 0.260. The molecule has 0 amide bonds. The van der Waals surface area contributed by atoms with E-state index in [-0.39, 0.29) is 5.75 Å². The third kappa shape index (κ3) is 2.00. The van der Waals surface area contributed by atoms with E-state index in [1.54, 1.807) is 6.07 Å². The maximum Gasteiger partial charge on any atom is 0.164 e. The molecule has 0 bridgehead atoms. The Labute approximate surface area is 96.6 Å². The van der Waals surface area contributed by atoms with Crippen LogP contribution in [0.3, 0.4) is 0 Å². The summed E-state index contributed by atoms with van der Waals surface area (Å²) in [7, 11) is 0. The zero-order chi connectivity index (χ0) is 11.5. The number of ether oxygens (including phenoxy) is 1. The molecule has 0 aromatic heterocycles. The molecule has 1 aromatic rings. The number of para-hydroxylation sites is 1. The summed E-state index contributed by atoms with van der Waals surface area (Å²) in [5.41, 5.74) is 1.11. The van der Waals surface area contributed by atoms with Gasteiger partial charge in [-0.25, -0.2) is 0 Å². The van der Waals surface area contributed by atoms with Gasteiger partial charge < -0.3 is 9.84 Å². The molecule has 3 heteroatoms. The molecule has 0 spiro atoms. The molecular formula is C13H19NO2. The first-order chi connectivity index (χ1) is 7.76. The predicted octanol–water partition coefficient (Wildman–Crippen LogP) is 2.04. The van der Waals surface area contributed by atoms with Crippen molar-refractivity contribution in [3.8, 4) is 11.5 Å². The van der Waals surface area contributed by atoms with Crippen molar-refractivity contribution in [2.24, 2.45) is 0 Å². The molecule has 1 N–H and O–H groups in total. The minimum atomic E-state index is 0.260. The molecule has 88 valence electrons. The average Bonchev–Trinajstić information content (AvgIpc) is 2.31. The number of fused-ring (bicyclic) bond motifs is 1. The molecule has 0 aliphatic carbocycles. The number of phenols is 1. The average molecular weight is 221 g/mol. The molecule has 1 aliphatic rings. The van der Waals surface area contributed by atoms with Gasteiger partial charge in [0, 0.05) is 6.04 Å². The molecule has 16 heavy (non-hydrogen) atoms. The van der Waals surface area contributed by atoms with Gasteiger partial charge in [-0.1, -0.05) is 26.0 Å². The molecule has 1 aromatic carbocycles. The Hall–Kier alpha value is -1.22. The number of benzene rings is 1. The topological polar surface area (TPSA) is 32.7 Å². The van der Waals surface area contributed by atoms with Crippen molar-refractivity contribution in [1.82, 2.24) is 4.90 Å². The Morgan fingerprint density at radius 3 is 2.81 bits per heavy atom. The maximum absolute atomic E-state index is 9.66. The van der Waals surface area contributed by atoms with E-state index in [2.05, 4.69) is 18.7 Å². The van der Waals surface area contributed by atoms with Crippen LogP contribution in [0, 0.1) is 0 Å². The van der Waals surface area contributed by atoms with Crippen LogP contribution in [0.15, 0.2) is 18.2 Å². The van der Waals surface area contributed by atoms with Gasteiger partial charge in [-0.05, 0) is 31.1 Å². The highest BCUT2D eigenvalue weighted by Gasteiger charge is 2.25. The van der Waals surface area contributed by atoms with Gasteiger partial charge in [-0.3, -0.25) is 4.90 Å². The van der Waals surface area contributed by atoms with Gasteiger partial charge in [-0.2, -0.15) is 0 Å². The van der Waals surface area contributed by atoms with E-state index in [9.17, 15) is 5.11 Å². The first kappa shape index (κ1) is 11.3. The highest BCUT2D eigenvalue weighted by Crippen LogP contribution is 2.34. The van der Waals surface area contributed by atoms with Crippen LogP contribution in [-0.2, 0) is 6.42 Å². The number of likely N-dealkylation sites (N-methyl/N-ethyl adjacent to an activating group) is 1. The van der Waals surface area contributed by atoms with Gasteiger partial charge >= 0.3 is 0 Å². The molecule has 1 aliphatic heterocycles. The first-order valence-electron chi connectivity index (χ1n) is 5.94. The fraction of sp³-hybridized carbons (Fsp3) is 0.538. The van der Waals surface area contributed by atoms with Crippen LogP contribution >= 0.6 is 0 Å². The van der Waals surface area contributed by atoms with Crippen molar-refractivity contribution >= 4 is 0 Å². The summed E-state index contributed by atoms with van der Waals surface area (Å²) in [4.78, 5) is 2.40.